The van der Waals surface area contributed by atoms with Crippen molar-refractivity contribution in [3.05, 3.63) is 59.4 Å². The Kier molecular flexibility index (Phi) is 3.69. The highest BCUT2D eigenvalue weighted by Gasteiger charge is 2.28. The molecule has 0 spiro atoms. The van der Waals surface area contributed by atoms with Crippen LogP contribution in [0.3, 0.4) is 0 Å². The number of pyridine rings is 1. The molecule has 0 saturated heterocycles. The topological polar surface area (TPSA) is 33.0 Å². The summed E-state index contributed by atoms with van der Waals surface area (Å²) in [6.07, 6.45) is 0.620. The van der Waals surface area contributed by atoms with Crippen molar-refractivity contribution in [1.29, 1.82) is 0 Å². The van der Waals surface area contributed by atoms with E-state index in [4.69, 9.17) is 0 Å². The van der Waals surface area contributed by atoms with Crippen molar-refractivity contribution in [2.45, 2.75) is 0 Å². The number of nitrogens with zero attached hydrogens (tertiary/aromatic N) is 1. The molecule has 1 amide bonds. The first-order valence-electron chi connectivity index (χ1n) is 5.51. The fraction of sp³-hybridized carbons (Fsp3) is 0.0769. The Bertz CT molecular complexity index is 688. The smallest absolute Gasteiger partial charge is 0.319 e. The normalized spacial score (nSPS) is 10.4. The Morgan fingerprint density at radius 1 is 1.10 bits per heavy atom. The summed E-state index contributed by atoms with van der Waals surface area (Å²) in [4.78, 5) is 11.7. The predicted molar refractivity (Wildman–Crippen MR) is 61.8 cm³/mol. The molecule has 2 aromatic rings. The van der Waals surface area contributed by atoms with Gasteiger partial charge in [-0.25, -0.2) is 4.39 Å². The van der Waals surface area contributed by atoms with Crippen LogP contribution in [-0.4, -0.2) is 5.91 Å². The maximum atomic E-state index is 13.6. The molecule has 0 atom stereocenters. The SMILES string of the molecule is C[n+]1cc(F)c(C(=O)Nc2ccccc2F)c(F)c1F. The Labute approximate surface area is 111 Å². The molecule has 1 N–H and O–H groups in total. The molecule has 0 unspecified atom stereocenters. The summed E-state index contributed by atoms with van der Waals surface area (Å²) in [5, 5.41) is 1.98. The summed E-state index contributed by atoms with van der Waals surface area (Å²) in [7, 11) is 1.08. The minimum Gasteiger partial charge on any atom is -0.319 e. The lowest BCUT2D eigenvalue weighted by molar-refractivity contribution is -0.703. The molecule has 1 heterocycles. The van der Waals surface area contributed by atoms with E-state index < -0.39 is 34.9 Å². The average molecular weight is 285 g/mol. The molecule has 1 aromatic heterocycles. The van der Waals surface area contributed by atoms with Crippen LogP contribution in [-0.2, 0) is 7.05 Å². The fourth-order valence-electron chi connectivity index (χ4n) is 1.61. The lowest BCUT2D eigenvalue weighted by Gasteiger charge is -2.07. The Morgan fingerprint density at radius 2 is 1.75 bits per heavy atom. The van der Waals surface area contributed by atoms with Crippen LogP contribution in [0, 0.1) is 23.4 Å². The molecule has 1 aromatic carbocycles. The quantitative estimate of drug-likeness (QED) is 0.513. The molecule has 2 rings (SSSR count). The van der Waals surface area contributed by atoms with Gasteiger partial charge in [0.1, 0.15) is 18.4 Å². The Morgan fingerprint density at radius 3 is 2.40 bits per heavy atom. The minimum atomic E-state index is -1.64. The van der Waals surface area contributed by atoms with Crippen molar-refractivity contribution in [2.75, 3.05) is 5.32 Å². The number of nitrogens with one attached hydrogen (secondary N) is 1. The molecule has 0 bridgehead atoms. The van der Waals surface area contributed by atoms with E-state index in [0.29, 0.717) is 10.8 Å². The van der Waals surface area contributed by atoms with E-state index in [1.807, 2.05) is 5.32 Å². The minimum absolute atomic E-state index is 0.259. The second-order valence-electron chi connectivity index (χ2n) is 4.00. The lowest BCUT2D eigenvalue weighted by atomic mass is 10.2. The van der Waals surface area contributed by atoms with E-state index in [1.165, 1.54) is 18.2 Å². The maximum absolute atomic E-state index is 13.6. The number of amides is 1. The second-order valence-corrected chi connectivity index (χ2v) is 4.00. The number of aryl methyl sites for hydroxylation is 1. The molecule has 20 heavy (non-hydrogen) atoms. The third kappa shape index (κ3) is 2.47. The van der Waals surface area contributed by atoms with E-state index in [9.17, 15) is 22.4 Å². The largest absolute Gasteiger partial charge is 0.396 e. The van der Waals surface area contributed by atoms with Crippen LogP contribution in [0.4, 0.5) is 23.2 Å². The summed E-state index contributed by atoms with van der Waals surface area (Å²) in [5.74, 6) is -6.33. The van der Waals surface area contributed by atoms with Crippen LogP contribution in [0.25, 0.3) is 0 Å². The molecular formula is C13H9F4N2O+. The molecule has 7 heteroatoms. The van der Waals surface area contributed by atoms with E-state index in [0.717, 1.165) is 13.1 Å². The van der Waals surface area contributed by atoms with Crippen molar-refractivity contribution in [2.24, 2.45) is 7.05 Å². The first-order chi connectivity index (χ1) is 9.41. The molecule has 0 aliphatic rings. The summed E-state index contributed by atoms with van der Waals surface area (Å²) >= 11 is 0. The van der Waals surface area contributed by atoms with Crippen LogP contribution < -0.4 is 9.88 Å². The highest BCUT2D eigenvalue weighted by Crippen LogP contribution is 2.17. The van der Waals surface area contributed by atoms with Crippen LogP contribution in [0.5, 0.6) is 0 Å². The molecular weight excluding hydrogens is 276 g/mol. The number of halogens is 4. The fourth-order valence-corrected chi connectivity index (χ4v) is 1.61. The van der Waals surface area contributed by atoms with Gasteiger partial charge in [-0.1, -0.05) is 12.1 Å². The number of benzene rings is 1. The molecule has 3 nitrogen and oxygen atoms in total. The van der Waals surface area contributed by atoms with Gasteiger partial charge in [-0.3, -0.25) is 4.79 Å². The Hall–Kier alpha value is -2.44. The lowest BCUT2D eigenvalue weighted by Crippen LogP contribution is -2.36. The van der Waals surface area contributed by atoms with Gasteiger partial charge in [-0.2, -0.15) is 13.3 Å². The molecule has 0 saturated carbocycles. The number of hydrogen-bond acceptors (Lipinski definition) is 1. The molecule has 0 aliphatic carbocycles. The van der Waals surface area contributed by atoms with Crippen molar-refractivity contribution in [3.63, 3.8) is 0 Å². The van der Waals surface area contributed by atoms with Crippen LogP contribution in [0.15, 0.2) is 30.5 Å². The van der Waals surface area contributed by atoms with Crippen molar-refractivity contribution >= 4 is 11.6 Å². The standard InChI is InChI=1S/C13H8F4N2O/c1-19-6-8(15)10(11(16)12(19)17)13(20)18-9-5-3-2-4-7(9)14/h2-6H,1H3/p+1. The van der Waals surface area contributed by atoms with Gasteiger partial charge >= 0.3 is 5.95 Å². The third-order valence-electron chi connectivity index (χ3n) is 2.61. The molecule has 104 valence electrons. The van der Waals surface area contributed by atoms with Gasteiger partial charge in [-0.05, 0) is 12.1 Å². The summed E-state index contributed by atoms with van der Waals surface area (Å²) in [6, 6.07) is 5.08. The predicted octanol–water partition coefficient (Wildman–Crippen LogP) is 2.32. The highest BCUT2D eigenvalue weighted by molar-refractivity contribution is 6.04. The van der Waals surface area contributed by atoms with E-state index in [2.05, 4.69) is 0 Å². The number of carbonyl (C=O) groups is 1. The van der Waals surface area contributed by atoms with E-state index in [1.54, 1.807) is 0 Å². The first kappa shape index (κ1) is 14.0. The number of carbonyl (C=O) groups excluding carboxylic acids is 1. The first-order valence-corrected chi connectivity index (χ1v) is 5.51. The molecule has 0 fully saturated rings. The number of anilines is 1. The van der Waals surface area contributed by atoms with Gasteiger partial charge < -0.3 is 5.32 Å². The monoisotopic (exact) mass is 285 g/mol. The van der Waals surface area contributed by atoms with Gasteiger partial charge in [0.05, 0.1) is 5.69 Å². The van der Waals surface area contributed by atoms with E-state index >= 15 is 0 Å². The van der Waals surface area contributed by atoms with Crippen molar-refractivity contribution in [1.82, 2.24) is 0 Å². The summed E-state index contributed by atoms with van der Waals surface area (Å²) < 4.78 is 54.4. The van der Waals surface area contributed by atoms with Gasteiger partial charge in [-0.15, -0.1) is 4.39 Å². The number of rotatable bonds is 2. The van der Waals surface area contributed by atoms with Gasteiger partial charge in [0.15, 0.2) is 0 Å². The van der Waals surface area contributed by atoms with Crippen molar-refractivity contribution in [3.8, 4) is 0 Å². The highest BCUT2D eigenvalue weighted by atomic mass is 19.2. The van der Waals surface area contributed by atoms with Crippen molar-refractivity contribution < 1.29 is 26.9 Å². The van der Waals surface area contributed by atoms with Gasteiger partial charge in [0.25, 0.3) is 5.91 Å². The third-order valence-corrected chi connectivity index (χ3v) is 2.61. The van der Waals surface area contributed by atoms with E-state index in [-0.39, 0.29) is 5.69 Å². The number of para-hydroxylation sites is 1. The number of hydrogen-bond donors (Lipinski definition) is 1. The van der Waals surface area contributed by atoms with Crippen LogP contribution >= 0.6 is 0 Å². The Balaban J connectivity index is 2.40. The zero-order valence-corrected chi connectivity index (χ0v) is 10.3. The number of aromatic nitrogens is 1. The second kappa shape index (κ2) is 5.28. The van der Waals surface area contributed by atoms with Crippen LogP contribution in [0.2, 0.25) is 0 Å². The average Bonchev–Trinajstić information content (AvgIpc) is 2.39. The summed E-state index contributed by atoms with van der Waals surface area (Å²) in [6.45, 7) is 0. The summed E-state index contributed by atoms with van der Waals surface area (Å²) in [5.41, 5.74) is -1.37. The zero-order chi connectivity index (χ0) is 14.9. The van der Waals surface area contributed by atoms with Gasteiger partial charge in [0.2, 0.25) is 17.8 Å². The zero-order valence-electron chi connectivity index (χ0n) is 10.3. The maximum Gasteiger partial charge on any atom is 0.396 e. The van der Waals surface area contributed by atoms with Crippen LogP contribution in [0.1, 0.15) is 10.4 Å². The van der Waals surface area contributed by atoms with Gasteiger partial charge in [0, 0.05) is 0 Å². The molecule has 0 radical (unpaired) electrons. The molecule has 0 aliphatic heterocycles.